The smallest absolute Gasteiger partial charge is 0.168 e. The third-order valence-electron chi connectivity index (χ3n) is 2.70. The molecule has 3 nitrogen and oxygen atoms in total. The van der Waals surface area contributed by atoms with Gasteiger partial charge in [-0.05, 0) is 12.8 Å². The van der Waals surface area contributed by atoms with Crippen LogP contribution in [0.1, 0.15) is 24.8 Å². The van der Waals surface area contributed by atoms with Crippen LogP contribution in [0.2, 0.25) is 0 Å². The van der Waals surface area contributed by atoms with Crippen molar-refractivity contribution >= 4 is 17.3 Å². The molecule has 16 heavy (non-hydrogen) atoms. The van der Waals surface area contributed by atoms with Crippen molar-refractivity contribution in [2.24, 2.45) is 0 Å². The molecule has 0 bridgehead atoms. The highest BCUT2D eigenvalue weighted by molar-refractivity contribution is 6.26. The van der Waals surface area contributed by atoms with Crippen LogP contribution in [-0.4, -0.2) is 16.6 Å². The van der Waals surface area contributed by atoms with Crippen molar-refractivity contribution in [2.75, 3.05) is 0 Å². The van der Waals surface area contributed by atoms with Gasteiger partial charge in [0.25, 0.3) is 0 Å². The Bertz CT molecular complexity index is 442. The van der Waals surface area contributed by atoms with E-state index in [1.807, 2.05) is 6.07 Å². The van der Waals surface area contributed by atoms with E-state index in [-0.39, 0.29) is 22.8 Å². The van der Waals surface area contributed by atoms with Gasteiger partial charge in [0.1, 0.15) is 5.76 Å². The largest absolute Gasteiger partial charge is 0.506 e. The minimum Gasteiger partial charge on any atom is -0.506 e. The molecule has 0 saturated heterocycles. The molecular formula is C13H13NO2. The summed E-state index contributed by atoms with van der Waals surface area (Å²) in [5.41, 5.74) is 1.03. The van der Waals surface area contributed by atoms with Gasteiger partial charge < -0.3 is 10.5 Å². The molecule has 2 N–H and O–H groups in total. The second-order valence-electron chi connectivity index (χ2n) is 3.84. The zero-order chi connectivity index (χ0) is 11.5. The Hall–Kier alpha value is -1.90. The number of benzene rings is 1. The van der Waals surface area contributed by atoms with E-state index >= 15 is 0 Å². The molecule has 0 aliphatic heterocycles. The molecule has 0 amide bonds. The summed E-state index contributed by atoms with van der Waals surface area (Å²) in [6.45, 7) is 0. The molecule has 1 aliphatic carbocycles. The second kappa shape index (κ2) is 4.31. The maximum absolute atomic E-state index is 11.7. The van der Waals surface area contributed by atoms with Crippen LogP contribution < -0.4 is 0 Å². The molecule has 1 aliphatic rings. The Morgan fingerprint density at radius 2 is 1.88 bits per heavy atom. The molecule has 1 aromatic carbocycles. The minimum absolute atomic E-state index is 0.0599. The fourth-order valence-electron chi connectivity index (χ4n) is 1.86. The highest BCUT2D eigenvalue weighted by Gasteiger charge is 2.24. The van der Waals surface area contributed by atoms with E-state index in [4.69, 9.17) is 5.41 Å². The maximum Gasteiger partial charge on any atom is 0.168 e. The molecule has 0 unspecified atom stereocenters. The molecule has 1 fully saturated rings. The van der Waals surface area contributed by atoms with Gasteiger partial charge in [-0.15, -0.1) is 0 Å². The molecule has 0 atom stereocenters. The lowest BCUT2D eigenvalue weighted by Gasteiger charge is -2.16. The van der Waals surface area contributed by atoms with Crippen LogP contribution in [0.5, 0.6) is 0 Å². The van der Waals surface area contributed by atoms with Crippen LogP contribution in [0.25, 0.3) is 5.76 Å². The molecule has 2 rings (SSSR count). The number of aliphatic hydroxyl groups excluding tert-OH is 1. The highest BCUT2D eigenvalue weighted by atomic mass is 16.3. The van der Waals surface area contributed by atoms with Gasteiger partial charge in [-0.3, -0.25) is 4.79 Å². The third kappa shape index (κ3) is 1.89. The molecule has 0 radical (unpaired) electrons. The van der Waals surface area contributed by atoms with Crippen molar-refractivity contribution in [1.82, 2.24) is 0 Å². The van der Waals surface area contributed by atoms with Gasteiger partial charge in [0, 0.05) is 17.7 Å². The number of ketones is 1. The van der Waals surface area contributed by atoms with E-state index in [1.165, 1.54) is 0 Å². The third-order valence-corrected chi connectivity index (χ3v) is 2.70. The summed E-state index contributed by atoms with van der Waals surface area (Å²) < 4.78 is 0. The summed E-state index contributed by atoms with van der Waals surface area (Å²) in [5.74, 6) is -0.187. The molecule has 0 aromatic heterocycles. The van der Waals surface area contributed by atoms with E-state index in [1.54, 1.807) is 24.3 Å². The SMILES string of the molecule is N=C1CCCC(=O)/C1=C(/O)c1ccccc1. The van der Waals surface area contributed by atoms with Crippen molar-refractivity contribution in [3.63, 3.8) is 0 Å². The quantitative estimate of drug-likeness (QED) is 0.559. The van der Waals surface area contributed by atoms with Crippen molar-refractivity contribution in [3.8, 4) is 0 Å². The second-order valence-corrected chi connectivity index (χ2v) is 3.84. The zero-order valence-corrected chi connectivity index (χ0v) is 8.86. The lowest BCUT2D eigenvalue weighted by molar-refractivity contribution is -0.115. The van der Waals surface area contributed by atoms with Gasteiger partial charge in [-0.1, -0.05) is 30.3 Å². The topological polar surface area (TPSA) is 61.2 Å². The van der Waals surface area contributed by atoms with Crippen LogP contribution >= 0.6 is 0 Å². The fraction of sp³-hybridized carbons (Fsp3) is 0.231. The van der Waals surface area contributed by atoms with Crippen molar-refractivity contribution < 1.29 is 9.90 Å². The van der Waals surface area contributed by atoms with E-state index in [0.717, 1.165) is 0 Å². The van der Waals surface area contributed by atoms with E-state index in [2.05, 4.69) is 0 Å². The van der Waals surface area contributed by atoms with Gasteiger partial charge in [0.05, 0.1) is 5.57 Å². The summed E-state index contributed by atoms with van der Waals surface area (Å²) in [5, 5.41) is 17.7. The summed E-state index contributed by atoms with van der Waals surface area (Å²) >= 11 is 0. The summed E-state index contributed by atoms with van der Waals surface area (Å²) in [6, 6.07) is 8.90. The standard InChI is InChI=1S/C13H13NO2/c14-10-7-4-8-11(15)12(10)13(16)9-5-2-1-3-6-9/h1-3,5-6,14,16H,4,7-8H2/b13-12+,14-10?. The zero-order valence-electron chi connectivity index (χ0n) is 8.86. The molecular weight excluding hydrogens is 202 g/mol. The van der Waals surface area contributed by atoms with E-state index in [0.29, 0.717) is 24.8 Å². The van der Waals surface area contributed by atoms with Crippen LogP contribution in [0, 0.1) is 5.41 Å². The van der Waals surface area contributed by atoms with Gasteiger partial charge in [-0.2, -0.15) is 0 Å². The number of nitrogens with one attached hydrogen (secondary N) is 1. The summed E-state index contributed by atoms with van der Waals surface area (Å²) in [4.78, 5) is 11.7. The Balaban J connectivity index is 2.47. The first kappa shape index (κ1) is 10.6. The average Bonchev–Trinajstić information content (AvgIpc) is 2.30. The molecule has 0 spiro atoms. The molecule has 82 valence electrons. The van der Waals surface area contributed by atoms with Gasteiger partial charge in [-0.25, -0.2) is 0 Å². The molecule has 3 heteroatoms. The van der Waals surface area contributed by atoms with Crippen molar-refractivity contribution in [1.29, 1.82) is 5.41 Å². The Morgan fingerprint density at radius 3 is 2.50 bits per heavy atom. The first-order valence-corrected chi connectivity index (χ1v) is 5.30. The van der Waals surface area contributed by atoms with E-state index < -0.39 is 0 Å². The number of allylic oxidation sites excluding steroid dienone is 1. The lowest BCUT2D eigenvalue weighted by Crippen LogP contribution is -2.19. The first-order valence-electron chi connectivity index (χ1n) is 5.30. The number of carbonyl (C=O) groups is 1. The van der Waals surface area contributed by atoms with Gasteiger partial charge >= 0.3 is 0 Å². The predicted molar refractivity (Wildman–Crippen MR) is 62.6 cm³/mol. The molecule has 0 heterocycles. The summed E-state index contributed by atoms with van der Waals surface area (Å²) in [7, 11) is 0. The van der Waals surface area contributed by atoms with Gasteiger partial charge in [0.2, 0.25) is 0 Å². The fourth-order valence-corrected chi connectivity index (χ4v) is 1.86. The number of aliphatic hydroxyl groups is 1. The number of carbonyl (C=O) groups excluding carboxylic acids is 1. The summed E-state index contributed by atoms with van der Waals surface area (Å²) in [6.07, 6.45) is 1.70. The maximum atomic E-state index is 11.7. The van der Waals surface area contributed by atoms with E-state index in [9.17, 15) is 9.90 Å². The Morgan fingerprint density at radius 1 is 1.19 bits per heavy atom. The Labute approximate surface area is 93.9 Å². The van der Waals surface area contributed by atoms with Crippen LogP contribution in [0.4, 0.5) is 0 Å². The predicted octanol–water partition coefficient (Wildman–Crippen LogP) is 2.73. The monoisotopic (exact) mass is 215 g/mol. The number of rotatable bonds is 1. The number of hydrogen-bond acceptors (Lipinski definition) is 3. The van der Waals surface area contributed by atoms with Gasteiger partial charge in [0.15, 0.2) is 5.78 Å². The number of Topliss-reactive ketones (excluding diaryl/α,β-unsaturated/α-hetero) is 1. The minimum atomic E-state index is -0.127. The van der Waals surface area contributed by atoms with Crippen LogP contribution in [-0.2, 0) is 4.79 Å². The Kier molecular flexibility index (Phi) is 2.86. The van der Waals surface area contributed by atoms with Crippen LogP contribution in [0.15, 0.2) is 35.9 Å². The first-order chi connectivity index (χ1) is 7.70. The lowest BCUT2D eigenvalue weighted by atomic mass is 9.89. The average molecular weight is 215 g/mol. The van der Waals surface area contributed by atoms with Crippen molar-refractivity contribution in [3.05, 3.63) is 41.5 Å². The van der Waals surface area contributed by atoms with Crippen LogP contribution in [0.3, 0.4) is 0 Å². The molecule has 1 aromatic rings. The molecule has 1 saturated carbocycles. The normalized spacial score (nSPS) is 19.8. The van der Waals surface area contributed by atoms with Crippen molar-refractivity contribution in [2.45, 2.75) is 19.3 Å². The number of hydrogen-bond donors (Lipinski definition) is 2. The highest BCUT2D eigenvalue weighted by Crippen LogP contribution is 2.24.